The zero-order valence-corrected chi connectivity index (χ0v) is 14.4. The van der Waals surface area contributed by atoms with Gasteiger partial charge in [0.2, 0.25) is 5.91 Å². The van der Waals surface area contributed by atoms with Crippen molar-refractivity contribution in [2.24, 2.45) is 0 Å². The van der Waals surface area contributed by atoms with Gasteiger partial charge >= 0.3 is 6.09 Å². The molecule has 0 aromatic heterocycles. The van der Waals surface area contributed by atoms with E-state index in [0.717, 1.165) is 5.56 Å². The molecule has 2 atom stereocenters. The molecule has 2 aromatic rings. The minimum atomic E-state index is -1.23. The van der Waals surface area contributed by atoms with Crippen molar-refractivity contribution in [2.75, 3.05) is 11.9 Å². The van der Waals surface area contributed by atoms with E-state index in [1.165, 1.54) is 6.92 Å². The van der Waals surface area contributed by atoms with Crippen molar-refractivity contribution in [2.45, 2.75) is 25.7 Å². The summed E-state index contributed by atoms with van der Waals surface area (Å²) in [5.74, 6) is -0.236. The predicted molar refractivity (Wildman–Crippen MR) is 96.3 cm³/mol. The summed E-state index contributed by atoms with van der Waals surface area (Å²) in [4.78, 5) is 22.8. The lowest BCUT2D eigenvalue weighted by Gasteiger charge is -2.19. The van der Waals surface area contributed by atoms with Gasteiger partial charge in [-0.3, -0.25) is 4.79 Å². The number of aliphatic hydroxyl groups is 2. The fourth-order valence-electron chi connectivity index (χ4n) is 2.30. The molecule has 0 saturated heterocycles. The molecule has 7 heteroatoms. The molecule has 0 radical (unpaired) electrons. The minimum absolute atomic E-state index is 0.115. The Hall–Kier alpha value is -2.90. The molecular formula is C19H22N2O5. The fraction of sp³-hybridized carbons (Fsp3) is 0.263. The molecule has 0 bridgehead atoms. The number of hydrogen-bond acceptors (Lipinski definition) is 5. The van der Waals surface area contributed by atoms with Crippen LogP contribution in [-0.4, -0.2) is 34.9 Å². The number of benzene rings is 2. The Labute approximate surface area is 151 Å². The Morgan fingerprint density at radius 2 is 1.81 bits per heavy atom. The van der Waals surface area contributed by atoms with Gasteiger partial charge in [-0.25, -0.2) is 4.79 Å². The largest absolute Gasteiger partial charge is 0.445 e. The van der Waals surface area contributed by atoms with Crippen LogP contribution < -0.4 is 10.6 Å². The third-order valence-electron chi connectivity index (χ3n) is 3.58. The van der Waals surface area contributed by atoms with Crippen molar-refractivity contribution < 1.29 is 24.5 Å². The highest BCUT2D eigenvalue weighted by Gasteiger charge is 2.19. The summed E-state index contributed by atoms with van der Waals surface area (Å²) in [6, 6.07) is 15.7. The molecule has 2 unspecified atom stereocenters. The second-order valence-corrected chi connectivity index (χ2v) is 5.76. The number of hydrogen-bond donors (Lipinski definition) is 4. The fourth-order valence-corrected chi connectivity index (χ4v) is 2.30. The lowest BCUT2D eigenvalue weighted by Crippen LogP contribution is -2.35. The molecule has 4 N–H and O–H groups in total. The van der Waals surface area contributed by atoms with Crippen LogP contribution in [0.4, 0.5) is 10.5 Å². The molecule has 138 valence electrons. The van der Waals surface area contributed by atoms with Crippen LogP contribution in [0, 0.1) is 0 Å². The van der Waals surface area contributed by atoms with Crippen LogP contribution in [0.5, 0.6) is 0 Å². The van der Waals surface area contributed by atoms with Gasteiger partial charge in [-0.2, -0.15) is 0 Å². The predicted octanol–water partition coefficient (Wildman–Crippen LogP) is 1.97. The number of alkyl carbamates (subject to hydrolysis) is 1. The van der Waals surface area contributed by atoms with Gasteiger partial charge in [-0.15, -0.1) is 0 Å². The normalized spacial score (nSPS) is 12.7. The van der Waals surface area contributed by atoms with E-state index >= 15 is 0 Å². The average molecular weight is 358 g/mol. The van der Waals surface area contributed by atoms with E-state index in [2.05, 4.69) is 10.6 Å². The number of amides is 2. The Morgan fingerprint density at radius 1 is 1.08 bits per heavy atom. The van der Waals surface area contributed by atoms with Crippen molar-refractivity contribution in [1.29, 1.82) is 0 Å². The summed E-state index contributed by atoms with van der Waals surface area (Å²) in [5.41, 5.74) is 1.78. The molecule has 0 aliphatic carbocycles. The molecule has 0 fully saturated rings. The van der Waals surface area contributed by atoms with E-state index in [4.69, 9.17) is 4.74 Å². The lowest BCUT2D eigenvalue weighted by atomic mass is 10.0. The first kappa shape index (κ1) is 19.4. The standard InChI is InChI=1S/C19H22N2O5/c1-13(22)21-16-9-5-8-15(10-16)18(24)17(23)11-20-19(25)26-12-14-6-3-2-4-7-14/h2-10,17-18,23-24H,11-12H2,1H3,(H,20,25)(H,21,22). The second kappa shape index (κ2) is 9.55. The lowest BCUT2D eigenvalue weighted by molar-refractivity contribution is -0.114. The first-order chi connectivity index (χ1) is 12.5. The maximum absolute atomic E-state index is 11.7. The highest BCUT2D eigenvalue weighted by molar-refractivity contribution is 5.88. The summed E-state index contributed by atoms with van der Waals surface area (Å²) in [6.45, 7) is 1.31. The molecule has 2 amide bonds. The molecule has 2 aromatic carbocycles. The Bertz CT molecular complexity index is 736. The van der Waals surface area contributed by atoms with Crippen LogP contribution in [0.25, 0.3) is 0 Å². The van der Waals surface area contributed by atoms with Gasteiger partial charge in [0, 0.05) is 19.2 Å². The molecule has 0 heterocycles. The summed E-state index contributed by atoms with van der Waals surface area (Å²) in [5, 5.41) is 25.3. The highest BCUT2D eigenvalue weighted by Crippen LogP contribution is 2.20. The van der Waals surface area contributed by atoms with E-state index in [1.807, 2.05) is 30.3 Å². The summed E-state index contributed by atoms with van der Waals surface area (Å²) in [7, 11) is 0. The maximum atomic E-state index is 11.7. The molecule has 2 rings (SSSR count). The number of nitrogens with one attached hydrogen (secondary N) is 2. The second-order valence-electron chi connectivity index (χ2n) is 5.76. The van der Waals surface area contributed by atoms with Gasteiger partial charge in [0.25, 0.3) is 0 Å². The van der Waals surface area contributed by atoms with Crippen LogP contribution in [0.2, 0.25) is 0 Å². The number of aliphatic hydroxyl groups excluding tert-OH is 2. The van der Waals surface area contributed by atoms with Crippen molar-refractivity contribution in [3.05, 3.63) is 65.7 Å². The average Bonchev–Trinajstić information content (AvgIpc) is 2.64. The van der Waals surface area contributed by atoms with E-state index in [0.29, 0.717) is 11.3 Å². The van der Waals surface area contributed by atoms with Gasteiger partial charge in [0.15, 0.2) is 0 Å². The van der Waals surface area contributed by atoms with Gasteiger partial charge in [0.05, 0.1) is 0 Å². The molecular weight excluding hydrogens is 336 g/mol. The van der Waals surface area contributed by atoms with Gasteiger partial charge in [0.1, 0.15) is 18.8 Å². The molecule has 0 saturated carbocycles. The van der Waals surface area contributed by atoms with Gasteiger partial charge in [-0.05, 0) is 23.3 Å². The number of carbonyl (C=O) groups is 2. The van der Waals surface area contributed by atoms with E-state index < -0.39 is 18.3 Å². The zero-order chi connectivity index (χ0) is 18.9. The van der Waals surface area contributed by atoms with Gasteiger partial charge in [-0.1, -0.05) is 42.5 Å². The summed E-state index contributed by atoms with van der Waals surface area (Å²) < 4.78 is 5.04. The Kier molecular flexibility index (Phi) is 7.13. The molecule has 7 nitrogen and oxygen atoms in total. The molecule has 26 heavy (non-hydrogen) atoms. The van der Waals surface area contributed by atoms with E-state index in [9.17, 15) is 19.8 Å². The third kappa shape index (κ3) is 6.19. The maximum Gasteiger partial charge on any atom is 0.407 e. The Balaban J connectivity index is 1.82. The van der Waals surface area contributed by atoms with Crippen LogP contribution in [0.1, 0.15) is 24.2 Å². The van der Waals surface area contributed by atoms with Gasteiger partial charge < -0.3 is 25.6 Å². The summed E-state index contributed by atoms with van der Waals surface area (Å²) >= 11 is 0. The Morgan fingerprint density at radius 3 is 2.50 bits per heavy atom. The van der Waals surface area contributed by atoms with Crippen LogP contribution in [-0.2, 0) is 16.1 Å². The number of carbonyl (C=O) groups excluding carboxylic acids is 2. The smallest absolute Gasteiger partial charge is 0.407 e. The number of rotatable bonds is 7. The highest BCUT2D eigenvalue weighted by atomic mass is 16.5. The topological polar surface area (TPSA) is 108 Å². The zero-order valence-electron chi connectivity index (χ0n) is 14.4. The van der Waals surface area contributed by atoms with Crippen molar-refractivity contribution in [3.8, 4) is 0 Å². The van der Waals surface area contributed by atoms with Crippen molar-refractivity contribution >= 4 is 17.7 Å². The quantitative estimate of drug-likeness (QED) is 0.605. The number of ether oxygens (including phenoxy) is 1. The third-order valence-corrected chi connectivity index (χ3v) is 3.58. The first-order valence-electron chi connectivity index (χ1n) is 8.14. The summed E-state index contributed by atoms with van der Waals surface area (Å²) in [6.07, 6.45) is -3.14. The van der Waals surface area contributed by atoms with E-state index in [1.54, 1.807) is 24.3 Å². The number of anilines is 1. The van der Waals surface area contributed by atoms with Crippen molar-refractivity contribution in [3.63, 3.8) is 0 Å². The first-order valence-corrected chi connectivity index (χ1v) is 8.14. The molecule has 0 aliphatic heterocycles. The SMILES string of the molecule is CC(=O)Nc1cccc(C(O)C(O)CNC(=O)OCc2ccccc2)c1. The van der Waals surface area contributed by atoms with Crippen LogP contribution >= 0.6 is 0 Å². The minimum Gasteiger partial charge on any atom is -0.445 e. The van der Waals surface area contributed by atoms with Crippen molar-refractivity contribution in [1.82, 2.24) is 5.32 Å². The molecule has 0 aliphatic rings. The van der Waals surface area contributed by atoms with Crippen LogP contribution in [0.3, 0.4) is 0 Å². The van der Waals surface area contributed by atoms with Crippen LogP contribution in [0.15, 0.2) is 54.6 Å². The van der Waals surface area contributed by atoms with E-state index in [-0.39, 0.29) is 19.1 Å². The molecule has 0 spiro atoms. The monoisotopic (exact) mass is 358 g/mol.